The number of esters is 1. The molecule has 1 saturated heterocycles. The number of hydrogen-bond acceptors (Lipinski definition) is 4. The Morgan fingerprint density at radius 2 is 2.36 bits per heavy atom. The van der Waals surface area contributed by atoms with Gasteiger partial charge in [0, 0.05) is 0 Å². The van der Waals surface area contributed by atoms with Crippen LogP contribution in [0.25, 0.3) is 0 Å². The van der Waals surface area contributed by atoms with Crippen molar-refractivity contribution in [2.24, 2.45) is 0 Å². The summed E-state index contributed by atoms with van der Waals surface area (Å²) >= 11 is 11.1. The molecule has 0 N–H and O–H groups in total. The van der Waals surface area contributed by atoms with E-state index in [4.69, 9.17) is 37.4 Å². The maximum Gasteiger partial charge on any atom is 0.371 e. The molecule has 4 nitrogen and oxygen atoms in total. The fourth-order valence-electron chi connectivity index (χ4n) is 0.897. The highest BCUT2D eigenvalue weighted by atomic mass is 35.5. The van der Waals surface area contributed by atoms with E-state index >= 15 is 0 Å². The van der Waals surface area contributed by atoms with Crippen LogP contribution in [-0.2, 0) is 19.0 Å². The average molecular weight is 243 g/mol. The summed E-state index contributed by atoms with van der Waals surface area (Å²) < 4.78 is 13.1. The zero-order valence-corrected chi connectivity index (χ0v) is 9.47. The molecule has 0 saturated carbocycles. The molecule has 0 radical (unpaired) electrons. The highest BCUT2D eigenvalue weighted by Crippen LogP contribution is 2.30. The fourth-order valence-corrected chi connectivity index (χ4v) is 1.21. The van der Waals surface area contributed by atoms with E-state index in [2.05, 4.69) is 0 Å². The first-order valence-electron chi connectivity index (χ1n) is 4.34. The first-order valence-corrected chi connectivity index (χ1v) is 5.09. The van der Waals surface area contributed by atoms with Gasteiger partial charge in [-0.05, 0) is 13.3 Å². The Hall–Kier alpha value is -0.0300. The van der Waals surface area contributed by atoms with Crippen molar-refractivity contribution in [2.45, 2.75) is 37.2 Å². The van der Waals surface area contributed by atoms with E-state index in [-0.39, 0.29) is 12.7 Å². The summed E-state index contributed by atoms with van der Waals surface area (Å²) in [4.78, 5) is 11.0. The van der Waals surface area contributed by atoms with Crippen molar-refractivity contribution in [1.82, 2.24) is 0 Å². The van der Waals surface area contributed by atoms with Gasteiger partial charge >= 0.3 is 10.5 Å². The highest BCUT2D eigenvalue weighted by molar-refractivity contribution is 6.56. The maximum absolute atomic E-state index is 11.0. The third-order valence-electron chi connectivity index (χ3n) is 1.83. The van der Waals surface area contributed by atoms with E-state index < -0.39 is 16.8 Å². The zero-order valence-electron chi connectivity index (χ0n) is 7.96. The van der Waals surface area contributed by atoms with Gasteiger partial charge in [0.2, 0.25) is 0 Å². The molecule has 0 amide bonds. The molecule has 1 heterocycles. The van der Waals surface area contributed by atoms with Crippen LogP contribution in [0.1, 0.15) is 20.3 Å². The molecule has 6 heteroatoms. The predicted molar refractivity (Wildman–Crippen MR) is 51.1 cm³/mol. The number of ether oxygens (including phenoxy) is 3. The van der Waals surface area contributed by atoms with Gasteiger partial charge in [0.1, 0.15) is 6.61 Å². The molecule has 0 bridgehead atoms. The number of rotatable bonds is 3. The summed E-state index contributed by atoms with van der Waals surface area (Å²) in [5.41, 5.74) is 0. The monoisotopic (exact) mass is 242 g/mol. The second-order valence-electron chi connectivity index (χ2n) is 3.02. The molecule has 0 aromatic heterocycles. The number of cyclic esters (lactones) is 1. The summed E-state index contributed by atoms with van der Waals surface area (Å²) in [6, 6.07) is 0. The van der Waals surface area contributed by atoms with Gasteiger partial charge in [-0.15, -0.1) is 0 Å². The van der Waals surface area contributed by atoms with Crippen molar-refractivity contribution in [3.05, 3.63) is 0 Å². The van der Waals surface area contributed by atoms with Gasteiger partial charge in [-0.1, -0.05) is 30.1 Å². The molecule has 0 aliphatic carbocycles. The largest absolute Gasteiger partial charge is 0.456 e. The molecule has 2 atom stereocenters. The van der Waals surface area contributed by atoms with Crippen molar-refractivity contribution < 1.29 is 19.0 Å². The Kier molecular flexibility index (Phi) is 4.01. The number of hydrogen-bond donors (Lipinski definition) is 0. The molecule has 2 unspecified atom stereocenters. The lowest BCUT2D eigenvalue weighted by molar-refractivity contribution is -0.242. The van der Waals surface area contributed by atoms with Crippen LogP contribution in [0, 0.1) is 0 Å². The lowest BCUT2D eigenvalue weighted by Gasteiger charge is -2.31. The van der Waals surface area contributed by atoms with Crippen molar-refractivity contribution in [2.75, 3.05) is 6.61 Å². The molecule has 1 aliphatic heterocycles. The highest BCUT2D eigenvalue weighted by Gasteiger charge is 2.44. The SMILES string of the molecule is CCC(C)OC1COC(=O)C(Cl)(Cl)O1. The number of carbonyl (C=O) groups is 1. The van der Waals surface area contributed by atoms with Crippen LogP contribution in [-0.4, -0.2) is 29.5 Å². The minimum atomic E-state index is -1.95. The quantitative estimate of drug-likeness (QED) is 0.560. The second-order valence-corrected chi connectivity index (χ2v) is 4.28. The number of halogens is 2. The van der Waals surface area contributed by atoms with Crippen molar-refractivity contribution in [3.63, 3.8) is 0 Å². The molecule has 1 rings (SSSR count). The molecule has 1 fully saturated rings. The van der Waals surface area contributed by atoms with Crippen LogP contribution in [0.3, 0.4) is 0 Å². The van der Waals surface area contributed by atoms with Gasteiger partial charge in [-0.2, -0.15) is 0 Å². The van der Waals surface area contributed by atoms with E-state index in [0.29, 0.717) is 0 Å². The molecule has 14 heavy (non-hydrogen) atoms. The van der Waals surface area contributed by atoms with Crippen molar-refractivity contribution in [3.8, 4) is 0 Å². The summed E-state index contributed by atoms with van der Waals surface area (Å²) in [5.74, 6) is -0.801. The fraction of sp³-hybridized carbons (Fsp3) is 0.875. The van der Waals surface area contributed by atoms with Gasteiger partial charge in [0.05, 0.1) is 6.10 Å². The molecule has 1 aliphatic rings. The second kappa shape index (κ2) is 4.66. The molecular weight excluding hydrogens is 231 g/mol. The summed E-state index contributed by atoms with van der Waals surface area (Å²) in [7, 11) is 0. The summed E-state index contributed by atoms with van der Waals surface area (Å²) in [6.45, 7) is 3.86. The molecular formula is C8H12Cl2O4. The Morgan fingerprint density at radius 3 is 2.86 bits per heavy atom. The summed E-state index contributed by atoms with van der Waals surface area (Å²) in [6.07, 6.45) is 0.129. The van der Waals surface area contributed by atoms with Crippen molar-refractivity contribution in [1.29, 1.82) is 0 Å². The summed E-state index contributed by atoms with van der Waals surface area (Å²) in [5, 5.41) is 0. The lowest BCUT2D eigenvalue weighted by atomic mass is 10.3. The van der Waals surface area contributed by atoms with Gasteiger partial charge < -0.3 is 14.2 Å². The van der Waals surface area contributed by atoms with E-state index in [0.717, 1.165) is 6.42 Å². The number of carbonyl (C=O) groups excluding carboxylic acids is 1. The van der Waals surface area contributed by atoms with E-state index in [1.807, 2.05) is 13.8 Å². The Bertz CT molecular complexity index is 219. The third-order valence-corrected chi connectivity index (χ3v) is 2.31. The van der Waals surface area contributed by atoms with E-state index in [9.17, 15) is 4.79 Å². The van der Waals surface area contributed by atoms with Gasteiger partial charge in [-0.3, -0.25) is 0 Å². The average Bonchev–Trinajstić information content (AvgIpc) is 2.11. The minimum Gasteiger partial charge on any atom is -0.456 e. The molecule has 0 aromatic carbocycles. The number of alkyl halides is 2. The van der Waals surface area contributed by atoms with Crippen LogP contribution < -0.4 is 0 Å². The lowest BCUT2D eigenvalue weighted by Crippen LogP contribution is -2.46. The Morgan fingerprint density at radius 1 is 1.71 bits per heavy atom. The predicted octanol–water partition coefficient (Wildman–Crippen LogP) is 1.83. The standard InChI is InChI=1S/C8H12Cl2O4/c1-3-5(2)13-6-4-12-7(11)8(9,10)14-6/h5-6H,3-4H2,1-2H3. The minimum absolute atomic E-state index is 0.000866. The molecule has 0 spiro atoms. The van der Waals surface area contributed by atoms with Crippen molar-refractivity contribution >= 4 is 29.2 Å². The first kappa shape index (κ1) is 12.0. The molecule has 82 valence electrons. The normalized spacial score (nSPS) is 28.3. The Balaban J connectivity index is 2.47. The van der Waals surface area contributed by atoms with Gasteiger partial charge in [0.15, 0.2) is 6.29 Å². The zero-order chi connectivity index (χ0) is 10.8. The van der Waals surface area contributed by atoms with Crippen LogP contribution in [0.5, 0.6) is 0 Å². The van der Waals surface area contributed by atoms with Gasteiger partial charge in [-0.25, -0.2) is 4.79 Å². The van der Waals surface area contributed by atoms with E-state index in [1.54, 1.807) is 0 Å². The smallest absolute Gasteiger partial charge is 0.371 e. The van der Waals surface area contributed by atoms with Gasteiger partial charge in [0.25, 0.3) is 0 Å². The third kappa shape index (κ3) is 2.98. The van der Waals surface area contributed by atoms with E-state index in [1.165, 1.54) is 0 Å². The molecule has 0 aromatic rings. The van der Waals surface area contributed by atoms with Crippen LogP contribution in [0.4, 0.5) is 0 Å². The Labute approximate surface area is 92.4 Å². The van der Waals surface area contributed by atoms with Crippen LogP contribution >= 0.6 is 23.2 Å². The van der Waals surface area contributed by atoms with Crippen LogP contribution in [0.15, 0.2) is 0 Å². The van der Waals surface area contributed by atoms with Crippen LogP contribution in [0.2, 0.25) is 0 Å². The first-order chi connectivity index (χ1) is 6.45. The topological polar surface area (TPSA) is 44.8 Å². The maximum atomic E-state index is 11.0.